The minimum absolute atomic E-state index is 0.0315. The molecule has 4 nitrogen and oxygen atoms in total. The summed E-state index contributed by atoms with van der Waals surface area (Å²) >= 11 is 0. The van der Waals surface area contributed by atoms with E-state index in [1.54, 1.807) is 12.3 Å². The van der Waals surface area contributed by atoms with Gasteiger partial charge in [0.2, 0.25) is 5.91 Å². The Kier molecular flexibility index (Phi) is 6.57. The van der Waals surface area contributed by atoms with Gasteiger partial charge in [-0.2, -0.15) is 13.2 Å². The average Bonchev–Trinajstić information content (AvgIpc) is 2.66. The van der Waals surface area contributed by atoms with Crippen molar-refractivity contribution in [2.75, 3.05) is 6.54 Å². The van der Waals surface area contributed by atoms with Crippen LogP contribution in [0, 0.1) is 5.92 Å². The highest BCUT2D eigenvalue weighted by atomic mass is 19.4. The van der Waals surface area contributed by atoms with Gasteiger partial charge in [-0.25, -0.2) is 0 Å². The summed E-state index contributed by atoms with van der Waals surface area (Å²) in [6.45, 7) is 4.69. The topological polar surface area (TPSA) is 54.0 Å². The molecule has 1 aliphatic carbocycles. The van der Waals surface area contributed by atoms with Crippen molar-refractivity contribution in [3.8, 4) is 0 Å². The molecule has 1 amide bonds. The molecule has 3 rings (SSSR count). The van der Waals surface area contributed by atoms with Crippen molar-refractivity contribution in [2.24, 2.45) is 5.92 Å². The number of amides is 1. The van der Waals surface area contributed by atoms with E-state index >= 15 is 0 Å². The van der Waals surface area contributed by atoms with E-state index in [2.05, 4.69) is 15.6 Å². The number of carbonyl (C=O) groups excluding carboxylic acids is 1. The highest BCUT2D eigenvalue weighted by Gasteiger charge is 2.39. The number of hydrogen-bond donors (Lipinski definition) is 2. The summed E-state index contributed by atoms with van der Waals surface area (Å²) in [7, 11) is 0. The first-order valence-electron chi connectivity index (χ1n) is 9.85. The lowest BCUT2D eigenvalue weighted by Crippen LogP contribution is -2.38. The van der Waals surface area contributed by atoms with Crippen LogP contribution in [0.15, 0.2) is 36.5 Å². The molecular formula is C22H26F3N3O. The minimum atomic E-state index is -4.13. The number of carbonyl (C=O) groups is 1. The third-order valence-electron chi connectivity index (χ3n) is 5.22. The van der Waals surface area contributed by atoms with Gasteiger partial charge in [0.1, 0.15) is 0 Å². The summed E-state index contributed by atoms with van der Waals surface area (Å²) in [5, 5.41) is 7.09. The van der Waals surface area contributed by atoms with Gasteiger partial charge in [0.05, 0.1) is 11.4 Å². The normalized spacial score (nSPS) is 18.4. The lowest BCUT2D eigenvalue weighted by Gasteiger charge is -2.24. The van der Waals surface area contributed by atoms with Gasteiger partial charge in [0, 0.05) is 43.2 Å². The maximum Gasteiger partial charge on any atom is 0.392 e. The maximum atomic E-state index is 12.9. The van der Waals surface area contributed by atoms with Crippen LogP contribution >= 0.6 is 0 Å². The Bertz CT molecular complexity index is 908. The largest absolute Gasteiger partial charge is 0.392 e. The Labute approximate surface area is 168 Å². The predicted octanol–water partition coefficient (Wildman–Crippen LogP) is 4.59. The highest BCUT2D eigenvalue weighted by molar-refractivity contribution is 5.91. The van der Waals surface area contributed by atoms with Gasteiger partial charge in [-0.1, -0.05) is 24.3 Å². The van der Waals surface area contributed by atoms with Crippen LogP contribution in [0.1, 0.15) is 44.2 Å². The molecule has 0 unspecified atom stereocenters. The molecule has 0 saturated carbocycles. The summed E-state index contributed by atoms with van der Waals surface area (Å²) in [5.41, 5.74) is 3.69. The van der Waals surface area contributed by atoms with E-state index in [0.29, 0.717) is 19.5 Å². The van der Waals surface area contributed by atoms with Crippen molar-refractivity contribution in [2.45, 2.75) is 51.9 Å². The Morgan fingerprint density at radius 1 is 1.34 bits per heavy atom. The lowest BCUT2D eigenvalue weighted by molar-refractivity contribution is -0.175. The third kappa shape index (κ3) is 5.56. The summed E-state index contributed by atoms with van der Waals surface area (Å²) < 4.78 is 38.7. The van der Waals surface area contributed by atoms with Crippen molar-refractivity contribution in [3.63, 3.8) is 0 Å². The summed E-state index contributed by atoms with van der Waals surface area (Å²) in [6, 6.07) is 7.90. The summed E-state index contributed by atoms with van der Waals surface area (Å²) in [6.07, 6.45) is -0.0433. The molecule has 1 aromatic heterocycles. The van der Waals surface area contributed by atoms with Gasteiger partial charge in [0.15, 0.2) is 0 Å². The first-order valence-corrected chi connectivity index (χ1v) is 9.85. The van der Waals surface area contributed by atoms with Gasteiger partial charge >= 0.3 is 6.18 Å². The van der Waals surface area contributed by atoms with Crippen LogP contribution in [0.3, 0.4) is 0 Å². The Balaban J connectivity index is 1.71. The zero-order valence-corrected chi connectivity index (χ0v) is 16.6. The van der Waals surface area contributed by atoms with Crippen molar-refractivity contribution in [1.29, 1.82) is 0 Å². The van der Waals surface area contributed by atoms with Gasteiger partial charge in [0.25, 0.3) is 0 Å². The number of alkyl halides is 3. The highest BCUT2D eigenvalue weighted by Crippen LogP contribution is 2.40. The quantitative estimate of drug-likeness (QED) is 0.739. The molecule has 0 radical (unpaired) electrons. The number of hydrogen-bond acceptors (Lipinski definition) is 3. The molecule has 1 aliphatic rings. The second kappa shape index (κ2) is 8.95. The second-order valence-electron chi connectivity index (χ2n) is 7.70. The van der Waals surface area contributed by atoms with E-state index in [1.807, 2.05) is 31.2 Å². The molecular weight excluding hydrogens is 379 g/mol. The van der Waals surface area contributed by atoms with Crippen LogP contribution in [0.25, 0.3) is 16.5 Å². The fourth-order valence-corrected chi connectivity index (χ4v) is 3.77. The smallest absolute Gasteiger partial charge is 0.353 e. The molecule has 1 heterocycles. The SMILES string of the molecule is CC(=O)N[C@H](C)CNCc1cnc2c(C3=CC[C@@H](C(F)(F)F)CC3)cccc2c1. The summed E-state index contributed by atoms with van der Waals surface area (Å²) in [4.78, 5) is 15.7. The van der Waals surface area contributed by atoms with Gasteiger partial charge in [-0.3, -0.25) is 9.78 Å². The third-order valence-corrected chi connectivity index (χ3v) is 5.22. The number of benzene rings is 1. The molecule has 2 aromatic rings. The molecule has 0 bridgehead atoms. The monoisotopic (exact) mass is 405 g/mol. The van der Waals surface area contributed by atoms with E-state index < -0.39 is 12.1 Å². The van der Waals surface area contributed by atoms with Gasteiger partial charge < -0.3 is 10.6 Å². The van der Waals surface area contributed by atoms with Crippen molar-refractivity contribution < 1.29 is 18.0 Å². The first kappa shape index (κ1) is 21.3. The second-order valence-corrected chi connectivity index (χ2v) is 7.70. The molecule has 0 spiro atoms. The average molecular weight is 405 g/mol. The van der Waals surface area contributed by atoms with Crippen LogP contribution in [-0.2, 0) is 11.3 Å². The molecule has 156 valence electrons. The number of allylic oxidation sites excluding steroid dienone is 2. The molecule has 2 atom stereocenters. The van der Waals surface area contributed by atoms with Gasteiger partial charge in [-0.05, 0) is 43.4 Å². The van der Waals surface area contributed by atoms with Crippen molar-refractivity contribution in [3.05, 3.63) is 47.7 Å². The number of nitrogens with one attached hydrogen (secondary N) is 2. The molecule has 1 aromatic carbocycles. The Morgan fingerprint density at radius 2 is 2.14 bits per heavy atom. The predicted molar refractivity (Wildman–Crippen MR) is 108 cm³/mol. The molecule has 0 saturated heterocycles. The first-order chi connectivity index (χ1) is 13.7. The van der Waals surface area contributed by atoms with E-state index in [9.17, 15) is 18.0 Å². The van der Waals surface area contributed by atoms with Crippen LogP contribution < -0.4 is 10.6 Å². The standard InChI is InChI=1S/C22H26F3N3O/c1-14(28-15(2)29)11-26-12-16-10-18-4-3-5-20(21(18)27-13-16)17-6-8-19(9-7-17)22(23,24)25/h3-6,10,13-14,19,26H,7-9,11-12H2,1-2H3,(H,28,29)/t14-,19-/m1/s1. The lowest BCUT2D eigenvalue weighted by atomic mass is 9.85. The van der Waals surface area contributed by atoms with Crippen LogP contribution in [0.4, 0.5) is 13.2 Å². The zero-order valence-electron chi connectivity index (χ0n) is 16.6. The fraction of sp³-hybridized carbons (Fsp3) is 0.455. The number of aromatic nitrogens is 1. The fourth-order valence-electron chi connectivity index (χ4n) is 3.77. The molecule has 0 fully saturated rings. The number of rotatable bonds is 6. The van der Waals surface area contributed by atoms with E-state index in [-0.39, 0.29) is 24.8 Å². The van der Waals surface area contributed by atoms with Crippen molar-refractivity contribution in [1.82, 2.24) is 15.6 Å². The van der Waals surface area contributed by atoms with Crippen molar-refractivity contribution >= 4 is 22.4 Å². The van der Waals surface area contributed by atoms with Crippen LogP contribution in [0.2, 0.25) is 0 Å². The minimum Gasteiger partial charge on any atom is -0.353 e. The van der Waals surface area contributed by atoms with E-state index in [1.165, 1.54) is 6.92 Å². The zero-order chi connectivity index (χ0) is 21.0. The number of halogens is 3. The maximum absolute atomic E-state index is 12.9. The Hall–Kier alpha value is -2.41. The van der Waals surface area contributed by atoms with Gasteiger partial charge in [-0.15, -0.1) is 0 Å². The number of para-hydroxylation sites is 1. The number of pyridine rings is 1. The molecule has 7 heteroatoms. The molecule has 0 aliphatic heterocycles. The number of fused-ring (bicyclic) bond motifs is 1. The van der Waals surface area contributed by atoms with E-state index in [0.717, 1.165) is 27.6 Å². The number of nitrogens with zero attached hydrogens (tertiary/aromatic N) is 1. The molecule has 2 N–H and O–H groups in total. The Morgan fingerprint density at radius 3 is 2.79 bits per heavy atom. The molecule has 29 heavy (non-hydrogen) atoms. The summed E-state index contributed by atoms with van der Waals surface area (Å²) in [5.74, 6) is -1.30. The van der Waals surface area contributed by atoms with Crippen LogP contribution in [-0.4, -0.2) is 29.7 Å². The van der Waals surface area contributed by atoms with Crippen LogP contribution in [0.5, 0.6) is 0 Å². The van der Waals surface area contributed by atoms with E-state index in [4.69, 9.17) is 0 Å².